The molecule has 0 aliphatic carbocycles. The second kappa shape index (κ2) is 6.55. The standard InChI is InChI=1S/C14H21BrN2O/c1-17-7-3-4-11(10-17)8-16-9-12-5-2-6-13(15)14(12)18/h2,5-6,11,16,18H,3-4,7-10H2,1H3. The van der Waals surface area contributed by atoms with Gasteiger partial charge in [-0.05, 0) is 60.9 Å². The summed E-state index contributed by atoms with van der Waals surface area (Å²) in [5.74, 6) is 1.09. The highest BCUT2D eigenvalue weighted by atomic mass is 79.9. The molecule has 18 heavy (non-hydrogen) atoms. The molecule has 1 fully saturated rings. The van der Waals surface area contributed by atoms with Crippen molar-refractivity contribution in [1.29, 1.82) is 0 Å². The summed E-state index contributed by atoms with van der Waals surface area (Å²) in [6.45, 7) is 4.15. The quantitative estimate of drug-likeness (QED) is 0.897. The Morgan fingerprint density at radius 2 is 2.33 bits per heavy atom. The number of phenolic OH excluding ortho intramolecular Hbond substituents is 1. The summed E-state index contributed by atoms with van der Waals surface area (Å²) < 4.78 is 0.763. The van der Waals surface area contributed by atoms with Gasteiger partial charge in [-0.15, -0.1) is 0 Å². The van der Waals surface area contributed by atoms with Crippen molar-refractivity contribution in [2.75, 3.05) is 26.7 Å². The van der Waals surface area contributed by atoms with Crippen LogP contribution >= 0.6 is 15.9 Å². The molecule has 1 saturated heterocycles. The van der Waals surface area contributed by atoms with Crippen molar-refractivity contribution in [2.45, 2.75) is 19.4 Å². The van der Waals surface area contributed by atoms with E-state index in [0.29, 0.717) is 5.75 Å². The minimum absolute atomic E-state index is 0.353. The van der Waals surface area contributed by atoms with Gasteiger partial charge >= 0.3 is 0 Å². The van der Waals surface area contributed by atoms with Gasteiger partial charge in [-0.3, -0.25) is 0 Å². The molecule has 2 N–H and O–H groups in total. The molecule has 0 aromatic heterocycles. The third-order valence-electron chi connectivity index (χ3n) is 3.54. The highest BCUT2D eigenvalue weighted by Crippen LogP contribution is 2.27. The highest BCUT2D eigenvalue weighted by molar-refractivity contribution is 9.10. The monoisotopic (exact) mass is 312 g/mol. The molecule has 1 unspecified atom stereocenters. The zero-order valence-electron chi connectivity index (χ0n) is 10.8. The Labute approximate surface area is 117 Å². The first-order valence-electron chi connectivity index (χ1n) is 6.52. The molecule has 0 bridgehead atoms. The Morgan fingerprint density at radius 3 is 3.11 bits per heavy atom. The first kappa shape index (κ1) is 13.8. The van der Waals surface area contributed by atoms with Gasteiger partial charge in [0.1, 0.15) is 5.75 Å². The molecule has 1 aromatic carbocycles. The third kappa shape index (κ3) is 3.70. The Balaban J connectivity index is 1.79. The van der Waals surface area contributed by atoms with E-state index in [-0.39, 0.29) is 0 Å². The van der Waals surface area contributed by atoms with E-state index in [2.05, 4.69) is 33.2 Å². The summed E-state index contributed by atoms with van der Waals surface area (Å²) in [6.07, 6.45) is 2.60. The predicted molar refractivity (Wildman–Crippen MR) is 77.7 cm³/mol. The number of hydrogen-bond acceptors (Lipinski definition) is 3. The molecular formula is C14H21BrN2O. The fourth-order valence-corrected chi connectivity index (χ4v) is 2.96. The van der Waals surface area contributed by atoms with Crippen molar-refractivity contribution >= 4 is 15.9 Å². The number of nitrogens with zero attached hydrogens (tertiary/aromatic N) is 1. The van der Waals surface area contributed by atoms with Crippen LogP contribution in [0.25, 0.3) is 0 Å². The van der Waals surface area contributed by atoms with Gasteiger partial charge in [0.2, 0.25) is 0 Å². The van der Waals surface area contributed by atoms with Crippen LogP contribution in [0.3, 0.4) is 0 Å². The van der Waals surface area contributed by atoms with Gasteiger partial charge in [-0.1, -0.05) is 12.1 Å². The molecule has 0 radical (unpaired) electrons. The number of nitrogens with one attached hydrogen (secondary N) is 1. The largest absolute Gasteiger partial charge is 0.506 e. The van der Waals surface area contributed by atoms with Crippen molar-refractivity contribution in [1.82, 2.24) is 10.2 Å². The van der Waals surface area contributed by atoms with Gasteiger partial charge in [-0.25, -0.2) is 0 Å². The van der Waals surface area contributed by atoms with Gasteiger partial charge < -0.3 is 15.3 Å². The molecule has 2 rings (SSSR count). The molecule has 1 aliphatic rings. The maximum absolute atomic E-state index is 9.88. The first-order chi connectivity index (χ1) is 8.66. The number of likely N-dealkylation sites (tertiary alicyclic amines) is 1. The van der Waals surface area contributed by atoms with E-state index < -0.39 is 0 Å². The van der Waals surface area contributed by atoms with Crippen molar-refractivity contribution in [3.8, 4) is 5.75 Å². The molecule has 3 nitrogen and oxygen atoms in total. The third-order valence-corrected chi connectivity index (χ3v) is 4.18. The molecule has 1 atom stereocenters. The van der Waals surface area contributed by atoms with Crippen LogP contribution in [-0.2, 0) is 6.54 Å². The van der Waals surface area contributed by atoms with Crippen LogP contribution in [0.5, 0.6) is 5.75 Å². The van der Waals surface area contributed by atoms with Gasteiger partial charge in [0.05, 0.1) is 4.47 Å². The van der Waals surface area contributed by atoms with E-state index in [0.717, 1.165) is 29.0 Å². The maximum Gasteiger partial charge on any atom is 0.134 e. The summed E-state index contributed by atoms with van der Waals surface area (Å²) >= 11 is 3.34. The van der Waals surface area contributed by atoms with Gasteiger partial charge in [0.15, 0.2) is 0 Å². The van der Waals surface area contributed by atoms with Crippen LogP contribution < -0.4 is 5.32 Å². The minimum atomic E-state index is 0.353. The van der Waals surface area contributed by atoms with Gasteiger partial charge in [-0.2, -0.15) is 0 Å². The van der Waals surface area contributed by atoms with E-state index in [1.54, 1.807) is 0 Å². The molecule has 0 saturated carbocycles. The Hall–Kier alpha value is -0.580. The fraction of sp³-hybridized carbons (Fsp3) is 0.571. The number of para-hydroxylation sites is 1. The van der Waals surface area contributed by atoms with E-state index in [9.17, 15) is 5.11 Å². The predicted octanol–water partition coefficient (Wildman–Crippen LogP) is 2.59. The molecule has 1 aromatic rings. The zero-order chi connectivity index (χ0) is 13.0. The van der Waals surface area contributed by atoms with Gasteiger partial charge in [0, 0.05) is 18.7 Å². The van der Waals surface area contributed by atoms with E-state index >= 15 is 0 Å². The number of hydrogen-bond donors (Lipinski definition) is 2. The number of halogens is 1. The normalized spacial score (nSPS) is 21.1. The lowest BCUT2D eigenvalue weighted by atomic mass is 9.98. The number of rotatable bonds is 4. The Morgan fingerprint density at radius 1 is 1.50 bits per heavy atom. The lowest BCUT2D eigenvalue weighted by molar-refractivity contribution is 0.206. The number of piperidine rings is 1. The molecule has 4 heteroatoms. The fourth-order valence-electron chi connectivity index (χ4n) is 2.55. The lowest BCUT2D eigenvalue weighted by Gasteiger charge is -2.29. The molecule has 0 spiro atoms. The molecule has 0 amide bonds. The molecule has 1 heterocycles. The van der Waals surface area contributed by atoms with E-state index in [1.807, 2.05) is 18.2 Å². The summed E-state index contributed by atoms with van der Waals surface area (Å²) in [5, 5.41) is 13.3. The molecular weight excluding hydrogens is 292 g/mol. The average molecular weight is 313 g/mol. The van der Waals surface area contributed by atoms with Crippen LogP contribution in [0.15, 0.2) is 22.7 Å². The summed E-state index contributed by atoms with van der Waals surface area (Å²) in [5.41, 5.74) is 0.952. The second-order valence-corrected chi connectivity index (χ2v) is 6.00. The lowest BCUT2D eigenvalue weighted by Crippen LogP contribution is -2.37. The highest BCUT2D eigenvalue weighted by Gasteiger charge is 2.16. The maximum atomic E-state index is 9.88. The van der Waals surface area contributed by atoms with E-state index in [4.69, 9.17) is 0 Å². The molecule has 1 aliphatic heterocycles. The zero-order valence-corrected chi connectivity index (χ0v) is 12.4. The number of benzene rings is 1. The molecule has 100 valence electrons. The van der Waals surface area contributed by atoms with Crippen molar-refractivity contribution in [3.63, 3.8) is 0 Å². The number of phenols is 1. The topological polar surface area (TPSA) is 35.5 Å². The summed E-state index contributed by atoms with van der Waals surface area (Å²) in [4.78, 5) is 2.40. The Kier molecular flexibility index (Phi) is 5.03. The summed E-state index contributed by atoms with van der Waals surface area (Å²) in [7, 11) is 2.19. The van der Waals surface area contributed by atoms with E-state index in [1.165, 1.54) is 25.9 Å². The van der Waals surface area contributed by atoms with Crippen LogP contribution in [0.2, 0.25) is 0 Å². The first-order valence-corrected chi connectivity index (χ1v) is 7.31. The van der Waals surface area contributed by atoms with Crippen LogP contribution in [-0.4, -0.2) is 36.7 Å². The van der Waals surface area contributed by atoms with Crippen molar-refractivity contribution in [3.05, 3.63) is 28.2 Å². The SMILES string of the molecule is CN1CCCC(CNCc2cccc(Br)c2O)C1. The average Bonchev–Trinajstić information content (AvgIpc) is 2.35. The number of aromatic hydroxyl groups is 1. The van der Waals surface area contributed by atoms with Crippen LogP contribution in [0, 0.1) is 5.92 Å². The Bertz CT molecular complexity index is 397. The van der Waals surface area contributed by atoms with Crippen LogP contribution in [0.1, 0.15) is 18.4 Å². The minimum Gasteiger partial charge on any atom is -0.506 e. The van der Waals surface area contributed by atoms with Crippen molar-refractivity contribution in [2.24, 2.45) is 5.92 Å². The van der Waals surface area contributed by atoms with Gasteiger partial charge in [0.25, 0.3) is 0 Å². The summed E-state index contributed by atoms with van der Waals surface area (Å²) in [6, 6.07) is 5.77. The van der Waals surface area contributed by atoms with Crippen LogP contribution in [0.4, 0.5) is 0 Å². The van der Waals surface area contributed by atoms with Crippen molar-refractivity contribution < 1.29 is 5.11 Å². The smallest absolute Gasteiger partial charge is 0.134 e. The second-order valence-electron chi connectivity index (χ2n) is 5.15.